The Hall–Kier alpha value is -0.0200. The van der Waals surface area contributed by atoms with Crippen LogP contribution < -0.4 is 0 Å². The summed E-state index contributed by atoms with van der Waals surface area (Å²) in [7, 11) is 0. The molecule has 1 aromatic heterocycles. The van der Waals surface area contributed by atoms with Gasteiger partial charge in [-0.15, -0.1) is 22.9 Å². The average Bonchev–Trinajstić information content (AvgIpc) is 2.62. The van der Waals surface area contributed by atoms with Crippen molar-refractivity contribution in [2.45, 2.75) is 12.3 Å². The van der Waals surface area contributed by atoms with E-state index in [0.717, 1.165) is 14.9 Å². The molecule has 0 N–H and O–H groups in total. The van der Waals surface area contributed by atoms with E-state index in [4.69, 9.17) is 23.2 Å². The summed E-state index contributed by atoms with van der Waals surface area (Å²) in [6, 6.07) is 9.90. The first-order chi connectivity index (χ1) is 7.56. The maximum atomic E-state index is 6.42. The van der Waals surface area contributed by atoms with E-state index in [-0.39, 0.29) is 5.38 Å². The molecule has 0 spiro atoms. The predicted molar refractivity (Wildman–Crippen MR) is 75.9 cm³/mol. The maximum Gasteiger partial charge on any atom is 0.0928 e. The van der Waals surface area contributed by atoms with Crippen molar-refractivity contribution in [2.24, 2.45) is 0 Å². The normalized spacial score (nSPS) is 12.8. The number of hydrogen-bond donors (Lipinski definition) is 0. The van der Waals surface area contributed by atoms with Crippen molar-refractivity contribution < 1.29 is 0 Å². The van der Waals surface area contributed by atoms with Crippen LogP contribution in [0.25, 0.3) is 0 Å². The first kappa shape index (κ1) is 12.4. The Morgan fingerprint density at radius 3 is 2.56 bits per heavy atom. The minimum absolute atomic E-state index is 0.131. The molecule has 0 nitrogen and oxygen atoms in total. The molecular weight excluding hydrogens is 327 g/mol. The van der Waals surface area contributed by atoms with E-state index >= 15 is 0 Å². The Morgan fingerprint density at radius 1 is 1.25 bits per heavy atom. The molecule has 0 aliphatic carbocycles. The highest BCUT2D eigenvalue weighted by Crippen LogP contribution is 2.35. The maximum absolute atomic E-state index is 6.42. The van der Waals surface area contributed by atoms with Gasteiger partial charge in [0.05, 0.1) is 5.38 Å². The molecule has 0 aliphatic heterocycles. The molecule has 4 heteroatoms. The Bertz CT molecular complexity index is 487. The molecule has 1 heterocycles. The van der Waals surface area contributed by atoms with Crippen molar-refractivity contribution in [3.05, 3.63) is 55.1 Å². The second-order valence-electron chi connectivity index (χ2n) is 3.51. The quantitative estimate of drug-likeness (QED) is 0.608. The van der Waals surface area contributed by atoms with Crippen molar-refractivity contribution in [3.63, 3.8) is 0 Å². The molecule has 0 saturated carbocycles. The third-order valence-corrected chi connectivity index (χ3v) is 4.55. The van der Waals surface area contributed by atoms with Crippen molar-refractivity contribution in [1.82, 2.24) is 0 Å². The Morgan fingerprint density at radius 2 is 2.00 bits per heavy atom. The number of halogens is 3. The van der Waals surface area contributed by atoms with Crippen LogP contribution in [-0.2, 0) is 0 Å². The van der Waals surface area contributed by atoms with Gasteiger partial charge in [-0.1, -0.05) is 27.5 Å². The fourth-order valence-corrected chi connectivity index (χ4v) is 3.58. The lowest BCUT2D eigenvalue weighted by Gasteiger charge is -2.08. The van der Waals surface area contributed by atoms with Gasteiger partial charge in [0.2, 0.25) is 0 Å². The molecule has 2 rings (SSSR count). The van der Waals surface area contributed by atoms with Crippen LogP contribution in [-0.4, -0.2) is 0 Å². The Balaban J connectivity index is 2.37. The lowest BCUT2D eigenvalue weighted by atomic mass is 10.1. The number of hydrogen-bond acceptors (Lipinski definition) is 1. The third kappa shape index (κ3) is 2.80. The third-order valence-electron chi connectivity index (χ3n) is 2.19. The topological polar surface area (TPSA) is 0 Å². The molecule has 0 fully saturated rings. The van der Waals surface area contributed by atoms with Crippen molar-refractivity contribution in [2.75, 3.05) is 0 Å². The van der Waals surface area contributed by atoms with Crippen LogP contribution in [0.2, 0.25) is 5.02 Å². The molecule has 1 aromatic carbocycles. The van der Waals surface area contributed by atoms with E-state index < -0.39 is 0 Å². The van der Waals surface area contributed by atoms with Crippen molar-refractivity contribution >= 4 is 50.5 Å². The standard InChI is InChI=1S/C12H9BrCl2S/c1-7-2-3-11(16-7)12(15)8-4-9(13)6-10(14)5-8/h2-6,12H,1H3. The van der Waals surface area contributed by atoms with Gasteiger partial charge in [-0.05, 0) is 42.8 Å². The summed E-state index contributed by atoms with van der Waals surface area (Å²) in [6.07, 6.45) is 0. The molecule has 0 aliphatic rings. The molecule has 0 amide bonds. The first-order valence-corrected chi connectivity index (χ1v) is 7.15. The Labute approximate surface area is 117 Å². The summed E-state index contributed by atoms with van der Waals surface area (Å²) in [5.74, 6) is 0. The van der Waals surface area contributed by atoms with Gasteiger partial charge in [0.1, 0.15) is 0 Å². The monoisotopic (exact) mass is 334 g/mol. The highest BCUT2D eigenvalue weighted by molar-refractivity contribution is 9.10. The van der Waals surface area contributed by atoms with Crippen LogP contribution in [0.3, 0.4) is 0 Å². The fourth-order valence-electron chi connectivity index (χ4n) is 1.48. The van der Waals surface area contributed by atoms with Crippen LogP contribution >= 0.6 is 50.5 Å². The largest absolute Gasteiger partial charge is 0.144 e. The van der Waals surface area contributed by atoms with Crippen LogP contribution in [0.15, 0.2) is 34.8 Å². The molecule has 1 atom stereocenters. The zero-order valence-corrected chi connectivity index (χ0v) is 12.4. The predicted octanol–water partition coefficient (Wildman–Crippen LogP) is 5.80. The Kier molecular flexibility index (Phi) is 3.96. The fraction of sp³-hybridized carbons (Fsp3) is 0.167. The number of alkyl halides is 1. The van der Waals surface area contributed by atoms with Gasteiger partial charge in [0.25, 0.3) is 0 Å². The highest BCUT2D eigenvalue weighted by atomic mass is 79.9. The zero-order chi connectivity index (χ0) is 11.7. The van der Waals surface area contributed by atoms with Crippen molar-refractivity contribution in [3.8, 4) is 0 Å². The minimum Gasteiger partial charge on any atom is -0.144 e. The van der Waals surface area contributed by atoms with Gasteiger partial charge in [0.15, 0.2) is 0 Å². The van der Waals surface area contributed by atoms with E-state index in [2.05, 4.69) is 35.0 Å². The van der Waals surface area contributed by atoms with E-state index in [1.807, 2.05) is 18.2 Å². The second-order valence-corrected chi connectivity index (χ2v) is 6.62. The molecule has 0 bridgehead atoms. The highest BCUT2D eigenvalue weighted by Gasteiger charge is 2.13. The van der Waals surface area contributed by atoms with Gasteiger partial charge in [0, 0.05) is 19.2 Å². The first-order valence-electron chi connectivity index (χ1n) is 4.72. The second kappa shape index (κ2) is 5.09. The summed E-state index contributed by atoms with van der Waals surface area (Å²) in [5, 5.41) is 0.567. The SMILES string of the molecule is Cc1ccc(C(Cl)c2cc(Cl)cc(Br)c2)s1. The average molecular weight is 336 g/mol. The van der Waals surface area contributed by atoms with Crippen LogP contribution in [0, 0.1) is 6.92 Å². The molecular formula is C12H9BrCl2S. The number of benzene rings is 1. The zero-order valence-electron chi connectivity index (χ0n) is 8.51. The lowest BCUT2D eigenvalue weighted by Crippen LogP contribution is -1.90. The molecule has 16 heavy (non-hydrogen) atoms. The van der Waals surface area contributed by atoms with Crippen molar-refractivity contribution in [1.29, 1.82) is 0 Å². The summed E-state index contributed by atoms with van der Waals surface area (Å²) >= 11 is 17.6. The summed E-state index contributed by atoms with van der Waals surface area (Å²) in [6.45, 7) is 2.08. The van der Waals surface area contributed by atoms with Crippen LogP contribution in [0.5, 0.6) is 0 Å². The number of rotatable bonds is 2. The number of thiophene rings is 1. The van der Waals surface area contributed by atoms with Gasteiger partial charge in [-0.25, -0.2) is 0 Å². The van der Waals surface area contributed by atoms with E-state index in [1.165, 1.54) is 4.88 Å². The van der Waals surface area contributed by atoms with E-state index in [9.17, 15) is 0 Å². The molecule has 2 aromatic rings. The molecule has 84 valence electrons. The van der Waals surface area contributed by atoms with E-state index in [1.54, 1.807) is 11.3 Å². The number of aryl methyl sites for hydroxylation is 1. The summed E-state index contributed by atoms with van der Waals surface area (Å²) in [5.41, 5.74) is 1.02. The smallest absolute Gasteiger partial charge is 0.0928 e. The van der Waals surface area contributed by atoms with Crippen LogP contribution in [0.1, 0.15) is 20.7 Å². The van der Waals surface area contributed by atoms with Gasteiger partial charge in [-0.3, -0.25) is 0 Å². The van der Waals surface area contributed by atoms with E-state index in [0.29, 0.717) is 5.02 Å². The summed E-state index contributed by atoms with van der Waals surface area (Å²) in [4.78, 5) is 2.41. The van der Waals surface area contributed by atoms with Gasteiger partial charge < -0.3 is 0 Å². The van der Waals surface area contributed by atoms with Crippen LogP contribution in [0.4, 0.5) is 0 Å². The molecule has 0 radical (unpaired) electrons. The molecule has 1 unspecified atom stereocenters. The lowest BCUT2D eigenvalue weighted by molar-refractivity contribution is 1.18. The van der Waals surface area contributed by atoms with Gasteiger partial charge in [-0.2, -0.15) is 0 Å². The summed E-state index contributed by atoms with van der Waals surface area (Å²) < 4.78 is 0.953. The molecule has 0 saturated heterocycles. The van der Waals surface area contributed by atoms with Gasteiger partial charge >= 0.3 is 0 Å². The minimum atomic E-state index is -0.131.